The van der Waals surface area contributed by atoms with Crippen LogP contribution < -0.4 is 14.2 Å². The Kier molecular flexibility index (Phi) is 8.14. The van der Waals surface area contributed by atoms with Gasteiger partial charge in [0.05, 0.1) is 31.4 Å². The zero-order chi connectivity index (χ0) is 26.5. The molecule has 0 unspecified atom stereocenters. The summed E-state index contributed by atoms with van der Waals surface area (Å²) in [5.74, 6) is 0.174. The molecule has 202 valence electrons. The number of ether oxygens (including phenoxy) is 4. The fraction of sp³-hybridized carbons (Fsp3) is 0.448. The molecule has 0 saturated carbocycles. The van der Waals surface area contributed by atoms with E-state index >= 15 is 0 Å². The van der Waals surface area contributed by atoms with Crippen molar-refractivity contribution in [1.82, 2.24) is 9.80 Å². The first-order valence-electron chi connectivity index (χ1n) is 13.3. The molecule has 1 amide bonds. The molecule has 2 saturated heterocycles. The number of benzene rings is 2. The maximum atomic E-state index is 13.4. The number of rotatable bonds is 9. The molecule has 9 nitrogen and oxygen atoms in total. The van der Waals surface area contributed by atoms with Gasteiger partial charge in [0.2, 0.25) is 0 Å². The zero-order valence-corrected chi connectivity index (χ0v) is 21.7. The summed E-state index contributed by atoms with van der Waals surface area (Å²) in [4.78, 5) is 30.6. The number of hydrogen-bond donors (Lipinski definition) is 1. The van der Waals surface area contributed by atoms with Crippen molar-refractivity contribution in [2.75, 3.05) is 59.2 Å². The second kappa shape index (κ2) is 11.9. The topological polar surface area (TPSA) is 97.8 Å². The van der Waals surface area contributed by atoms with E-state index in [1.807, 2.05) is 31.2 Å². The molecular formula is C29H34N2O7. The smallest absolute Gasteiger partial charge is 0.295 e. The van der Waals surface area contributed by atoms with Gasteiger partial charge in [-0.05, 0) is 48.7 Å². The van der Waals surface area contributed by atoms with Gasteiger partial charge in [0.1, 0.15) is 24.7 Å². The van der Waals surface area contributed by atoms with Crippen LogP contribution in [0.5, 0.6) is 17.2 Å². The largest absolute Gasteiger partial charge is 0.507 e. The SMILES string of the molecule is CCCOc1cccc([C@H]2/C(=C(\O)c3ccc4c(c3)OCCO4)C(=O)C(=O)N2CCCN2CCOCC2)c1. The first-order chi connectivity index (χ1) is 18.6. The van der Waals surface area contributed by atoms with Crippen molar-refractivity contribution in [3.8, 4) is 17.2 Å². The lowest BCUT2D eigenvalue weighted by molar-refractivity contribution is -0.140. The molecule has 0 aliphatic carbocycles. The maximum absolute atomic E-state index is 13.4. The third-order valence-electron chi connectivity index (χ3n) is 6.98. The van der Waals surface area contributed by atoms with Crippen LogP contribution in [-0.4, -0.2) is 85.8 Å². The molecule has 9 heteroatoms. The van der Waals surface area contributed by atoms with Gasteiger partial charge in [-0.1, -0.05) is 19.1 Å². The summed E-state index contributed by atoms with van der Waals surface area (Å²) in [6, 6.07) is 11.7. The molecule has 0 aromatic heterocycles. The van der Waals surface area contributed by atoms with Crippen molar-refractivity contribution in [2.45, 2.75) is 25.8 Å². The highest BCUT2D eigenvalue weighted by Crippen LogP contribution is 2.41. The minimum Gasteiger partial charge on any atom is -0.507 e. The molecular weight excluding hydrogens is 488 g/mol. The molecule has 3 aliphatic heterocycles. The fourth-order valence-corrected chi connectivity index (χ4v) is 5.09. The Bertz CT molecular complexity index is 1210. The van der Waals surface area contributed by atoms with Crippen LogP contribution in [0.2, 0.25) is 0 Å². The molecule has 5 rings (SSSR count). The quantitative estimate of drug-likeness (QED) is 0.304. The van der Waals surface area contributed by atoms with Crippen molar-refractivity contribution in [1.29, 1.82) is 0 Å². The van der Waals surface area contributed by atoms with Gasteiger partial charge < -0.3 is 29.0 Å². The van der Waals surface area contributed by atoms with Crippen molar-refractivity contribution >= 4 is 17.4 Å². The number of carbonyl (C=O) groups is 2. The summed E-state index contributed by atoms with van der Waals surface area (Å²) in [6.07, 6.45) is 1.55. The highest BCUT2D eigenvalue weighted by atomic mass is 16.6. The summed E-state index contributed by atoms with van der Waals surface area (Å²) >= 11 is 0. The van der Waals surface area contributed by atoms with E-state index < -0.39 is 17.7 Å². The van der Waals surface area contributed by atoms with Crippen molar-refractivity contribution < 1.29 is 33.6 Å². The summed E-state index contributed by atoms with van der Waals surface area (Å²) in [6.45, 7) is 7.70. The molecule has 1 atom stereocenters. The van der Waals surface area contributed by atoms with E-state index in [1.54, 1.807) is 23.1 Å². The predicted molar refractivity (Wildman–Crippen MR) is 141 cm³/mol. The Morgan fingerprint density at radius 2 is 1.79 bits per heavy atom. The van der Waals surface area contributed by atoms with Crippen molar-refractivity contribution in [3.63, 3.8) is 0 Å². The number of ketones is 1. The number of nitrogens with zero attached hydrogens (tertiary/aromatic N) is 2. The normalized spacial score (nSPS) is 21.1. The van der Waals surface area contributed by atoms with E-state index in [2.05, 4.69) is 4.90 Å². The van der Waals surface area contributed by atoms with Gasteiger partial charge in [0, 0.05) is 31.7 Å². The second-order valence-electron chi connectivity index (χ2n) is 9.58. The number of Topliss-reactive ketones (excluding diaryl/α,β-unsaturated/α-hetero) is 1. The molecule has 2 aromatic carbocycles. The Labute approximate surface area is 222 Å². The van der Waals surface area contributed by atoms with Gasteiger partial charge >= 0.3 is 0 Å². The summed E-state index contributed by atoms with van der Waals surface area (Å²) in [5.41, 5.74) is 1.16. The first kappa shape index (κ1) is 26.1. The second-order valence-corrected chi connectivity index (χ2v) is 9.58. The van der Waals surface area contributed by atoms with E-state index in [-0.39, 0.29) is 11.3 Å². The number of hydrogen-bond acceptors (Lipinski definition) is 8. The van der Waals surface area contributed by atoms with Gasteiger partial charge in [-0.3, -0.25) is 14.5 Å². The van der Waals surface area contributed by atoms with Gasteiger partial charge in [0.25, 0.3) is 11.7 Å². The van der Waals surface area contributed by atoms with Gasteiger partial charge in [-0.2, -0.15) is 0 Å². The van der Waals surface area contributed by atoms with Crippen LogP contribution >= 0.6 is 0 Å². The number of likely N-dealkylation sites (tertiary alicyclic amines) is 1. The van der Waals surface area contributed by atoms with Gasteiger partial charge in [-0.15, -0.1) is 0 Å². The Hall–Kier alpha value is -3.56. The van der Waals surface area contributed by atoms with Crippen molar-refractivity contribution in [3.05, 3.63) is 59.2 Å². The van der Waals surface area contributed by atoms with E-state index in [4.69, 9.17) is 18.9 Å². The average molecular weight is 523 g/mol. The monoisotopic (exact) mass is 522 g/mol. The third kappa shape index (κ3) is 5.49. The lowest BCUT2D eigenvalue weighted by Crippen LogP contribution is -2.38. The van der Waals surface area contributed by atoms with Gasteiger partial charge in [-0.25, -0.2) is 0 Å². The van der Waals surface area contributed by atoms with E-state index in [0.717, 1.165) is 26.1 Å². The molecule has 3 aliphatic rings. The Morgan fingerprint density at radius 3 is 2.58 bits per heavy atom. The van der Waals surface area contributed by atoms with E-state index in [9.17, 15) is 14.7 Å². The number of aliphatic hydroxyl groups is 1. The Balaban J connectivity index is 1.49. The van der Waals surface area contributed by atoms with Crippen LogP contribution in [0.1, 0.15) is 36.9 Å². The number of morpholine rings is 1. The minimum absolute atomic E-state index is 0.0608. The van der Waals surface area contributed by atoms with Crippen LogP contribution in [0, 0.1) is 0 Å². The number of aliphatic hydroxyl groups excluding tert-OH is 1. The van der Waals surface area contributed by atoms with Gasteiger partial charge in [0.15, 0.2) is 11.5 Å². The Morgan fingerprint density at radius 1 is 1.00 bits per heavy atom. The van der Waals surface area contributed by atoms with Crippen LogP contribution in [0.15, 0.2) is 48.0 Å². The fourth-order valence-electron chi connectivity index (χ4n) is 5.09. The molecule has 2 aromatic rings. The van der Waals surface area contributed by atoms with Crippen molar-refractivity contribution in [2.24, 2.45) is 0 Å². The van der Waals surface area contributed by atoms with Crippen LogP contribution in [0.3, 0.4) is 0 Å². The number of fused-ring (bicyclic) bond motifs is 1. The summed E-state index contributed by atoms with van der Waals surface area (Å²) < 4.78 is 22.5. The van der Waals surface area contributed by atoms with Crippen LogP contribution in [-0.2, 0) is 14.3 Å². The average Bonchev–Trinajstić information content (AvgIpc) is 3.21. The first-order valence-corrected chi connectivity index (χ1v) is 13.3. The van der Waals surface area contributed by atoms with Crippen LogP contribution in [0.25, 0.3) is 5.76 Å². The summed E-state index contributed by atoms with van der Waals surface area (Å²) in [5, 5.41) is 11.4. The maximum Gasteiger partial charge on any atom is 0.295 e. The van der Waals surface area contributed by atoms with E-state index in [1.165, 1.54) is 0 Å². The molecule has 38 heavy (non-hydrogen) atoms. The highest BCUT2D eigenvalue weighted by molar-refractivity contribution is 6.46. The molecule has 0 radical (unpaired) electrons. The number of amides is 1. The van der Waals surface area contributed by atoms with E-state index in [0.29, 0.717) is 74.4 Å². The van der Waals surface area contributed by atoms with Crippen LogP contribution in [0.4, 0.5) is 0 Å². The third-order valence-corrected chi connectivity index (χ3v) is 6.98. The minimum atomic E-state index is -0.738. The highest BCUT2D eigenvalue weighted by Gasteiger charge is 2.46. The lowest BCUT2D eigenvalue weighted by Gasteiger charge is -2.29. The molecule has 2 fully saturated rings. The molecule has 0 spiro atoms. The molecule has 0 bridgehead atoms. The summed E-state index contributed by atoms with van der Waals surface area (Å²) in [7, 11) is 0. The molecule has 1 N–H and O–H groups in total. The molecule has 3 heterocycles. The number of carbonyl (C=O) groups excluding carboxylic acids is 2. The standard InChI is InChI=1S/C29H34N2O7/c1-2-13-36-22-6-3-5-20(18-22)26-25(27(32)21-7-8-23-24(19-21)38-17-16-37-23)28(33)29(34)31(26)10-4-9-30-11-14-35-15-12-30/h3,5-8,18-19,26,32H,2,4,9-17H2,1H3/b27-25+/t26-/m0/s1. The predicted octanol–water partition coefficient (Wildman–Crippen LogP) is 3.39. The zero-order valence-electron chi connectivity index (χ0n) is 21.7. The lowest BCUT2D eigenvalue weighted by atomic mass is 9.95.